The molecule has 6 heteroatoms. The SMILES string of the molecule is O=C(c1ccccc1)C(CC(F)Br)[N+](=O)[O-]. The number of halogens is 2. The number of carbonyl (C=O) groups is 1. The van der Waals surface area contributed by atoms with Crippen LogP contribution in [0.25, 0.3) is 0 Å². The third-order valence-electron chi connectivity index (χ3n) is 2.02. The van der Waals surface area contributed by atoms with Gasteiger partial charge in [0, 0.05) is 10.5 Å². The van der Waals surface area contributed by atoms with Crippen molar-refractivity contribution in [1.82, 2.24) is 0 Å². The lowest BCUT2D eigenvalue weighted by molar-refractivity contribution is -0.506. The van der Waals surface area contributed by atoms with Crippen molar-refractivity contribution in [2.75, 3.05) is 0 Å². The van der Waals surface area contributed by atoms with E-state index in [4.69, 9.17) is 0 Å². The highest BCUT2D eigenvalue weighted by molar-refractivity contribution is 9.09. The molecule has 1 rings (SSSR count). The van der Waals surface area contributed by atoms with Crippen LogP contribution in [0.4, 0.5) is 4.39 Å². The molecule has 2 unspecified atom stereocenters. The van der Waals surface area contributed by atoms with Gasteiger partial charge in [-0.05, 0) is 0 Å². The van der Waals surface area contributed by atoms with Gasteiger partial charge in [0.1, 0.15) is 0 Å². The summed E-state index contributed by atoms with van der Waals surface area (Å²) in [4.78, 5) is 21.6. The van der Waals surface area contributed by atoms with Gasteiger partial charge in [-0.2, -0.15) is 0 Å². The third-order valence-corrected chi connectivity index (χ3v) is 2.39. The summed E-state index contributed by atoms with van der Waals surface area (Å²) in [6.07, 6.45) is -0.472. The Kier molecular flexibility index (Phi) is 4.54. The molecule has 0 bridgehead atoms. The standard InChI is InChI=1S/C10H9BrFNO3/c11-9(12)6-8(13(15)16)10(14)7-4-2-1-3-5-7/h1-5,8-9H,6H2. The fourth-order valence-corrected chi connectivity index (χ4v) is 1.61. The van der Waals surface area contributed by atoms with E-state index in [1.807, 2.05) is 0 Å². The number of hydrogen-bond acceptors (Lipinski definition) is 3. The van der Waals surface area contributed by atoms with Gasteiger partial charge in [-0.25, -0.2) is 4.39 Å². The lowest BCUT2D eigenvalue weighted by Crippen LogP contribution is -2.31. The predicted molar refractivity (Wildman–Crippen MR) is 60.0 cm³/mol. The monoisotopic (exact) mass is 289 g/mol. The van der Waals surface area contributed by atoms with Crippen LogP contribution in [-0.2, 0) is 0 Å². The van der Waals surface area contributed by atoms with E-state index >= 15 is 0 Å². The highest BCUT2D eigenvalue weighted by atomic mass is 79.9. The number of alkyl halides is 2. The lowest BCUT2D eigenvalue weighted by atomic mass is 10.0. The minimum atomic E-state index is -1.56. The molecule has 0 saturated carbocycles. The number of Topliss-reactive ketones (excluding diaryl/α,β-unsaturated/α-hetero) is 1. The smallest absolute Gasteiger partial charge is 0.278 e. The van der Waals surface area contributed by atoms with Gasteiger partial charge in [-0.3, -0.25) is 14.9 Å². The summed E-state index contributed by atoms with van der Waals surface area (Å²) in [5.74, 6) is -0.673. The van der Waals surface area contributed by atoms with Gasteiger partial charge in [-0.1, -0.05) is 46.3 Å². The van der Waals surface area contributed by atoms with Gasteiger partial charge in [0.15, 0.2) is 5.08 Å². The van der Waals surface area contributed by atoms with Gasteiger partial charge < -0.3 is 0 Å². The summed E-state index contributed by atoms with van der Waals surface area (Å²) in [7, 11) is 0. The van der Waals surface area contributed by atoms with Crippen LogP contribution in [0.3, 0.4) is 0 Å². The second-order valence-electron chi connectivity index (χ2n) is 3.16. The van der Waals surface area contributed by atoms with Crippen LogP contribution in [0, 0.1) is 10.1 Å². The van der Waals surface area contributed by atoms with E-state index in [0.717, 1.165) is 0 Å². The molecule has 0 aliphatic rings. The van der Waals surface area contributed by atoms with Gasteiger partial charge >= 0.3 is 0 Å². The van der Waals surface area contributed by atoms with E-state index in [9.17, 15) is 19.3 Å². The predicted octanol–water partition coefficient (Wildman–Crippen LogP) is 2.60. The fraction of sp³-hybridized carbons (Fsp3) is 0.300. The molecule has 0 N–H and O–H groups in total. The number of nitro groups is 1. The molecule has 1 aromatic carbocycles. The summed E-state index contributed by atoms with van der Waals surface area (Å²) in [5.41, 5.74) is 0.220. The molecule has 0 fully saturated rings. The van der Waals surface area contributed by atoms with Crippen LogP contribution in [0.5, 0.6) is 0 Å². The van der Waals surface area contributed by atoms with Crippen molar-refractivity contribution in [3.63, 3.8) is 0 Å². The van der Waals surface area contributed by atoms with Gasteiger partial charge in [0.05, 0.1) is 6.42 Å². The average molecular weight is 290 g/mol. The number of benzene rings is 1. The fourth-order valence-electron chi connectivity index (χ4n) is 1.25. The Balaban J connectivity index is 2.88. The number of ketones is 1. The molecular weight excluding hydrogens is 281 g/mol. The molecule has 86 valence electrons. The molecule has 16 heavy (non-hydrogen) atoms. The van der Waals surface area contributed by atoms with E-state index in [0.29, 0.717) is 0 Å². The number of nitrogens with zero attached hydrogens (tertiary/aromatic N) is 1. The van der Waals surface area contributed by atoms with E-state index in [2.05, 4.69) is 15.9 Å². The Hall–Kier alpha value is -1.30. The molecule has 1 aromatic rings. The van der Waals surface area contributed by atoms with E-state index < -0.39 is 28.3 Å². The number of rotatable bonds is 5. The van der Waals surface area contributed by atoms with Crippen LogP contribution >= 0.6 is 15.9 Å². The van der Waals surface area contributed by atoms with Gasteiger partial charge in [0.25, 0.3) is 6.04 Å². The summed E-state index contributed by atoms with van der Waals surface area (Å²) in [6.45, 7) is 0. The van der Waals surface area contributed by atoms with Gasteiger partial charge in [-0.15, -0.1) is 0 Å². The van der Waals surface area contributed by atoms with Crippen molar-refractivity contribution >= 4 is 21.7 Å². The quantitative estimate of drug-likeness (QED) is 0.362. The highest BCUT2D eigenvalue weighted by Crippen LogP contribution is 2.15. The van der Waals surface area contributed by atoms with Crippen LogP contribution < -0.4 is 0 Å². The molecule has 0 spiro atoms. The third kappa shape index (κ3) is 3.37. The van der Waals surface area contributed by atoms with Crippen LogP contribution in [-0.4, -0.2) is 21.8 Å². The summed E-state index contributed by atoms with van der Waals surface area (Å²) in [5, 5.41) is 9.09. The Morgan fingerprint density at radius 3 is 2.44 bits per heavy atom. The summed E-state index contributed by atoms with van der Waals surface area (Å²) >= 11 is 2.56. The first-order valence-electron chi connectivity index (χ1n) is 4.53. The molecule has 0 aliphatic heterocycles. The highest BCUT2D eigenvalue weighted by Gasteiger charge is 2.32. The largest absolute Gasteiger partial charge is 0.286 e. The molecule has 0 aliphatic carbocycles. The molecule has 0 aromatic heterocycles. The van der Waals surface area contributed by atoms with Crippen molar-refractivity contribution in [3.8, 4) is 0 Å². The maximum Gasteiger partial charge on any atom is 0.278 e. The molecule has 0 heterocycles. The molecular formula is C10H9BrFNO3. The van der Waals surface area contributed by atoms with Crippen LogP contribution in [0.2, 0.25) is 0 Å². The summed E-state index contributed by atoms with van der Waals surface area (Å²) in [6, 6.07) is 6.30. The van der Waals surface area contributed by atoms with Gasteiger partial charge in [0.2, 0.25) is 5.78 Å². The Bertz CT molecular complexity index is 383. The lowest BCUT2D eigenvalue weighted by Gasteiger charge is -2.08. The van der Waals surface area contributed by atoms with E-state index in [1.165, 1.54) is 12.1 Å². The molecule has 0 amide bonds. The van der Waals surface area contributed by atoms with Crippen molar-refractivity contribution in [1.29, 1.82) is 0 Å². The zero-order valence-electron chi connectivity index (χ0n) is 8.18. The first-order chi connectivity index (χ1) is 7.52. The molecule has 2 atom stereocenters. The molecule has 0 radical (unpaired) electrons. The zero-order valence-corrected chi connectivity index (χ0v) is 9.76. The normalized spacial score (nSPS) is 14.1. The second-order valence-corrected chi connectivity index (χ2v) is 4.15. The zero-order chi connectivity index (χ0) is 12.1. The number of carbonyl (C=O) groups excluding carboxylic acids is 1. The van der Waals surface area contributed by atoms with Crippen LogP contribution in [0.1, 0.15) is 16.8 Å². The minimum Gasteiger partial charge on any atom is -0.286 e. The average Bonchev–Trinajstić information content (AvgIpc) is 2.25. The molecule has 0 saturated heterocycles. The van der Waals surface area contributed by atoms with Crippen LogP contribution in [0.15, 0.2) is 30.3 Å². The van der Waals surface area contributed by atoms with Crippen molar-refractivity contribution in [3.05, 3.63) is 46.0 Å². The van der Waals surface area contributed by atoms with Crippen molar-refractivity contribution < 1.29 is 14.1 Å². The Labute approximate surface area is 99.7 Å². The maximum atomic E-state index is 12.6. The first-order valence-corrected chi connectivity index (χ1v) is 5.45. The Morgan fingerprint density at radius 1 is 1.44 bits per heavy atom. The summed E-state index contributed by atoms with van der Waals surface area (Å²) < 4.78 is 12.6. The second kappa shape index (κ2) is 5.69. The molecule has 4 nitrogen and oxygen atoms in total. The van der Waals surface area contributed by atoms with Crippen molar-refractivity contribution in [2.45, 2.75) is 17.5 Å². The first kappa shape index (κ1) is 12.8. The number of hydrogen-bond donors (Lipinski definition) is 0. The van der Waals surface area contributed by atoms with Crippen molar-refractivity contribution in [2.24, 2.45) is 0 Å². The van der Waals surface area contributed by atoms with E-state index in [-0.39, 0.29) is 5.56 Å². The Morgan fingerprint density at radius 2 is 2.00 bits per heavy atom. The maximum absolute atomic E-state index is 12.6. The van der Waals surface area contributed by atoms with E-state index in [1.54, 1.807) is 18.2 Å². The topological polar surface area (TPSA) is 60.2 Å². The minimum absolute atomic E-state index is 0.220.